The summed E-state index contributed by atoms with van der Waals surface area (Å²) in [7, 11) is 0. The largest absolute Gasteiger partial charge is 0.348 e. The van der Waals surface area contributed by atoms with Crippen LogP contribution in [0.25, 0.3) is 0 Å². The van der Waals surface area contributed by atoms with Gasteiger partial charge in [0.2, 0.25) is 11.8 Å². The van der Waals surface area contributed by atoms with E-state index in [1.54, 1.807) is 0 Å². The molecule has 0 aliphatic carbocycles. The van der Waals surface area contributed by atoms with E-state index in [1.807, 2.05) is 39.0 Å². The van der Waals surface area contributed by atoms with Crippen molar-refractivity contribution in [3.63, 3.8) is 0 Å². The third-order valence-corrected chi connectivity index (χ3v) is 3.12. The molecule has 0 bridgehead atoms. The standard InChI is InChI=1S/C14H21N3O2.ClH/c1-9-5-4-6-12(10(9)2)11(3)17-14(19)8-16-13(18)7-15;/h4-6,11H,7-8,15H2,1-3H3,(H,16,18)(H,17,19);1H. The first kappa shape index (κ1) is 18.4. The van der Waals surface area contributed by atoms with Crippen molar-refractivity contribution >= 4 is 24.2 Å². The summed E-state index contributed by atoms with van der Waals surface area (Å²) < 4.78 is 0. The summed E-state index contributed by atoms with van der Waals surface area (Å²) in [6, 6.07) is 5.90. The molecule has 1 rings (SSSR count). The average molecular weight is 300 g/mol. The number of halogens is 1. The molecule has 0 fully saturated rings. The van der Waals surface area contributed by atoms with Crippen LogP contribution in [-0.4, -0.2) is 24.9 Å². The Morgan fingerprint density at radius 2 is 1.90 bits per heavy atom. The van der Waals surface area contributed by atoms with E-state index < -0.39 is 0 Å². The molecule has 0 radical (unpaired) electrons. The molecule has 5 nitrogen and oxygen atoms in total. The first-order valence-corrected chi connectivity index (χ1v) is 6.28. The van der Waals surface area contributed by atoms with Crippen molar-refractivity contribution in [3.05, 3.63) is 34.9 Å². The second-order valence-corrected chi connectivity index (χ2v) is 4.56. The number of rotatable bonds is 5. The Morgan fingerprint density at radius 1 is 1.25 bits per heavy atom. The number of carbonyl (C=O) groups excluding carboxylic acids is 2. The van der Waals surface area contributed by atoms with Crippen molar-refractivity contribution in [1.82, 2.24) is 10.6 Å². The summed E-state index contributed by atoms with van der Waals surface area (Å²) in [5.74, 6) is -0.565. The third-order valence-electron chi connectivity index (χ3n) is 3.12. The Hall–Kier alpha value is -1.59. The van der Waals surface area contributed by atoms with Crippen LogP contribution in [0, 0.1) is 13.8 Å². The van der Waals surface area contributed by atoms with E-state index in [-0.39, 0.29) is 43.4 Å². The zero-order valence-electron chi connectivity index (χ0n) is 12.0. The highest BCUT2D eigenvalue weighted by atomic mass is 35.5. The smallest absolute Gasteiger partial charge is 0.239 e. The Morgan fingerprint density at radius 3 is 2.50 bits per heavy atom. The number of hydrogen-bond donors (Lipinski definition) is 3. The van der Waals surface area contributed by atoms with Crippen LogP contribution in [0.3, 0.4) is 0 Å². The molecular formula is C14H22ClN3O2. The highest BCUT2D eigenvalue weighted by molar-refractivity contribution is 5.85. The van der Waals surface area contributed by atoms with Crippen molar-refractivity contribution in [2.24, 2.45) is 5.73 Å². The number of nitrogens with one attached hydrogen (secondary N) is 2. The molecule has 1 aromatic carbocycles. The van der Waals surface area contributed by atoms with Gasteiger partial charge in [-0.25, -0.2) is 0 Å². The van der Waals surface area contributed by atoms with E-state index in [0.29, 0.717) is 0 Å². The lowest BCUT2D eigenvalue weighted by molar-refractivity contribution is -0.125. The summed E-state index contributed by atoms with van der Waals surface area (Å²) in [5, 5.41) is 5.29. The minimum atomic E-state index is -0.338. The summed E-state index contributed by atoms with van der Waals surface area (Å²) in [6.45, 7) is 5.83. The number of nitrogens with two attached hydrogens (primary N) is 1. The molecule has 1 unspecified atom stereocenters. The maximum atomic E-state index is 11.7. The van der Waals surface area contributed by atoms with Gasteiger partial charge in [-0.05, 0) is 37.5 Å². The van der Waals surface area contributed by atoms with Crippen molar-refractivity contribution in [1.29, 1.82) is 0 Å². The van der Waals surface area contributed by atoms with Crippen molar-refractivity contribution in [2.45, 2.75) is 26.8 Å². The lowest BCUT2D eigenvalue weighted by atomic mass is 9.98. The monoisotopic (exact) mass is 299 g/mol. The van der Waals surface area contributed by atoms with E-state index in [1.165, 1.54) is 11.1 Å². The molecule has 1 aromatic rings. The molecule has 0 aromatic heterocycles. The van der Waals surface area contributed by atoms with Crippen LogP contribution in [0.4, 0.5) is 0 Å². The van der Waals surface area contributed by atoms with Crippen LogP contribution in [-0.2, 0) is 9.59 Å². The average Bonchev–Trinajstić information content (AvgIpc) is 2.38. The van der Waals surface area contributed by atoms with Crippen LogP contribution >= 0.6 is 12.4 Å². The number of amides is 2. The highest BCUT2D eigenvalue weighted by Crippen LogP contribution is 2.19. The zero-order chi connectivity index (χ0) is 14.4. The molecule has 1 atom stereocenters. The molecule has 2 amide bonds. The van der Waals surface area contributed by atoms with Gasteiger partial charge in [0.15, 0.2) is 0 Å². The zero-order valence-corrected chi connectivity index (χ0v) is 12.8. The van der Waals surface area contributed by atoms with Gasteiger partial charge in [0, 0.05) is 0 Å². The molecule has 0 aliphatic heterocycles. The van der Waals surface area contributed by atoms with Gasteiger partial charge >= 0.3 is 0 Å². The minimum absolute atomic E-state index is 0. The molecule has 112 valence electrons. The van der Waals surface area contributed by atoms with E-state index >= 15 is 0 Å². The first-order valence-electron chi connectivity index (χ1n) is 6.28. The van der Waals surface area contributed by atoms with Gasteiger partial charge in [-0.3, -0.25) is 9.59 Å². The van der Waals surface area contributed by atoms with Gasteiger partial charge in [-0.2, -0.15) is 0 Å². The molecule has 0 saturated carbocycles. The van der Waals surface area contributed by atoms with Crippen LogP contribution < -0.4 is 16.4 Å². The Labute approximate surface area is 125 Å². The van der Waals surface area contributed by atoms with Gasteiger partial charge in [-0.15, -0.1) is 12.4 Å². The van der Waals surface area contributed by atoms with Crippen molar-refractivity contribution < 1.29 is 9.59 Å². The van der Waals surface area contributed by atoms with Gasteiger partial charge < -0.3 is 16.4 Å². The van der Waals surface area contributed by atoms with Gasteiger partial charge in [0.1, 0.15) is 0 Å². The quantitative estimate of drug-likeness (QED) is 0.758. The minimum Gasteiger partial charge on any atom is -0.348 e. The molecule has 20 heavy (non-hydrogen) atoms. The number of hydrogen-bond acceptors (Lipinski definition) is 3. The van der Waals surface area contributed by atoms with Crippen LogP contribution in [0.1, 0.15) is 29.7 Å². The normalized spacial score (nSPS) is 11.2. The molecule has 6 heteroatoms. The molecular weight excluding hydrogens is 278 g/mol. The van der Waals surface area contributed by atoms with Crippen LogP contribution in [0.15, 0.2) is 18.2 Å². The highest BCUT2D eigenvalue weighted by Gasteiger charge is 2.12. The maximum Gasteiger partial charge on any atom is 0.239 e. The molecule has 4 N–H and O–H groups in total. The first-order chi connectivity index (χ1) is 8.95. The fourth-order valence-corrected chi connectivity index (χ4v) is 1.86. The van der Waals surface area contributed by atoms with Crippen LogP contribution in [0.2, 0.25) is 0 Å². The lowest BCUT2D eigenvalue weighted by Crippen LogP contribution is -2.40. The SMILES string of the molecule is Cc1cccc(C(C)NC(=O)CNC(=O)CN)c1C.Cl. The van der Waals surface area contributed by atoms with E-state index in [9.17, 15) is 9.59 Å². The number of benzene rings is 1. The van der Waals surface area contributed by atoms with Crippen molar-refractivity contribution in [2.75, 3.05) is 13.1 Å². The Balaban J connectivity index is 0.00000361. The summed E-state index contributed by atoms with van der Waals surface area (Å²) >= 11 is 0. The van der Waals surface area contributed by atoms with Gasteiger partial charge in [-0.1, -0.05) is 18.2 Å². The molecule has 0 saturated heterocycles. The van der Waals surface area contributed by atoms with Gasteiger partial charge in [0.05, 0.1) is 19.1 Å². The fourth-order valence-electron chi connectivity index (χ4n) is 1.86. The Bertz CT molecular complexity index is 477. The topological polar surface area (TPSA) is 84.2 Å². The second-order valence-electron chi connectivity index (χ2n) is 4.56. The summed E-state index contributed by atoms with van der Waals surface area (Å²) in [6.07, 6.45) is 0. The van der Waals surface area contributed by atoms with Crippen molar-refractivity contribution in [3.8, 4) is 0 Å². The molecule has 0 heterocycles. The van der Waals surface area contributed by atoms with Gasteiger partial charge in [0.25, 0.3) is 0 Å². The number of carbonyl (C=O) groups is 2. The predicted octanol–water partition coefficient (Wildman–Crippen LogP) is 0.977. The predicted molar refractivity (Wildman–Crippen MR) is 81.8 cm³/mol. The lowest BCUT2D eigenvalue weighted by Gasteiger charge is -2.18. The van der Waals surface area contributed by atoms with E-state index in [4.69, 9.17) is 5.73 Å². The van der Waals surface area contributed by atoms with E-state index in [2.05, 4.69) is 10.6 Å². The maximum absolute atomic E-state index is 11.7. The fraction of sp³-hybridized carbons (Fsp3) is 0.429. The molecule has 0 spiro atoms. The van der Waals surface area contributed by atoms with E-state index in [0.717, 1.165) is 5.56 Å². The van der Waals surface area contributed by atoms with Crippen LogP contribution in [0.5, 0.6) is 0 Å². The second kappa shape index (κ2) is 8.55. The summed E-state index contributed by atoms with van der Waals surface area (Å²) in [4.78, 5) is 22.6. The molecule has 0 aliphatic rings. The Kier molecular flexibility index (Phi) is 7.87. The number of aryl methyl sites for hydroxylation is 1. The summed E-state index contributed by atoms with van der Waals surface area (Å²) in [5.41, 5.74) is 8.58. The third kappa shape index (κ3) is 5.19.